The van der Waals surface area contributed by atoms with Gasteiger partial charge in [-0.05, 0) is 24.8 Å². The van der Waals surface area contributed by atoms with Crippen molar-refractivity contribution in [2.24, 2.45) is 5.92 Å². The monoisotopic (exact) mass is 313 g/mol. The van der Waals surface area contributed by atoms with Crippen molar-refractivity contribution in [1.29, 1.82) is 0 Å². The first-order valence-corrected chi connectivity index (χ1v) is 8.42. The zero-order valence-electron chi connectivity index (χ0n) is 11.6. The molecule has 0 unspecified atom stereocenters. The van der Waals surface area contributed by atoms with Gasteiger partial charge in [-0.1, -0.05) is 19.3 Å². The molecule has 0 aromatic heterocycles. The lowest BCUT2D eigenvalue weighted by atomic mass is 9.90. The van der Waals surface area contributed by atoms with Crippen molar-refractivity contribution in [1.82, 2.24) is 4.72 Å². The lowest BCUT2D eigenvalue weighted by molar-refractivity contribution is -0.384. The maximum Gasteiger partial charge on any atom is 0.271 e. The number of anilines is 1. The molecule has 21 heavy (non-hydrogen) atoms. The summed E-state index contributed by atoms with van der Waals surface area (Å²) >= 11 is 0. The zero-order chi connectivity index (χ0) is 15.5. The molecule has 0 aliphatic heterocycles. The molecule has 0 amide bonds. The minimum Gasteiger partial charge on any atom is -0.397 e. The molecule has 1 saturated carbocycles. The van der Waals surface area contributed by atoms with Gasteiger partial charge in [-0.15, -0.1) is 0 Å². The topological polar surface area (TPSA) is 115 Å². The van der Waals surface area contributed by atoms with Crippen molar-refractivity contribution in [3.05, 3.63) is 28.3 Å². The number of sulfonamides is 1. The van der Waals surface area contributed by atoms with Crippen LogP contribution in [0, 0.1) is 16.0 Å². The Morgan fingerprint density at radius 2 is 1.95 bits per heavy atom. The van der Waals surface area contributed by atoms with Crippen molar-refractivity contribution >= 4 is 21.4 Å². The van der Waals surface area contributed by atoms with E-state index in [1.165, 1.54) is 12.5 Å². The third-order valence-electron chi connectivity index (χ3n) is 3.78. The van der Waals surface area contributed by atoms with E-state index in [0.29, 0.717) is 12.5 Å². The molecule has 1 aliphatic carbocycles. The van der Waals surface area contributed by atoms with Gasteiger partial charge < -0.3 is 5.73 Å². The van der Waals surface area contributed by atoms with Crippen molar-refractivity contribution in [3.8, 4) is 0 Å². The van der Waals surface area contributed by atoms with Crippen LogP contribution in [-0.2, 0) is 10.0 Å². The summed E-state index contributed by atoms with van der Waals surface area (Å²) in [5, 5.41) is 10.6. The van der Waals surface area contributed by atoms with Crippen LogP contribution in [0.1, 0.15) is 32.1 Å². The van der Waals surface area contributed by atoms with Gasteiger partial charge in [0, 0.05) is 18.7 Å². The van der Waals surface area contributed by atoms with Gasteiger partial charge in [-0.25, -0.2) is 13.1 Å². The van der Waals surface area contributed by atoms with Crippen molar-refractivity contribution in [2.75, 3.05) is 12.3 Å². The van der Waals surface area contributed by atoms with E-state index in [9.17, 15) is 18.5 Å². The van der Waals surface area contributed by atoms with Crippen molar-refractivity contribution in [2.45, 2.75) is 37.0 Å². The molecule has 7 nitrogen and oxygen atoms in total. The second-order valence-corrected chi connectivity index (χ2v) is 7.07. The van der Waals surface area contributed by atoms with Gasteiger partial charge in [0.05, 0.1) is 10.6 Å². The second kappa shape index (κ2) is 6.40. The Labute approximate surface area is 123 Å². The molecule has 0 spiro atoms. The zero-order valence-corrected chi connectivity index (χ0v) is 12.4. The molecule has 0 heterocycles. The van der Waals surface area contributed by atoms with Crippen LogP contribution in [0.25, 0.3) is 0 Å². The number of nitro groups is 1. The van der Waals surface area contributed by atoms with Crippen molar-refractivity contribution < 1.29 is 13.3 Å². The fourth-order valence-corrected chi connectivity index (χ4v) is 3.82. The molecule has 0 radical (unpaired) electrons. The number of nitrogens with one attached hydrogen (secondary N) is 1. The van der Waals surface area contributed by atoms with Gasteiger partial charge >= 0.3 is 0 Å². The van der Waals surface area contributed by atoms with Crippen LogP contribution >= 0.6 is 0 Å². The molecule has 116 valence electrons. The van der Waals surface area contributed by atoms with E-state index < -0.39 is 14.9 Å². The highest BCUT2D eigenvalue weighted by molar-refractivity contribution is 7.89. The van der Waals surface area contributed by atoms with Crippen LogP contribution < -0.4 is 10.5 Å². The molecule has 1 aliphatic rings. The third kappa shape index (κ3) is 3.92. The number of hydrogen-bond acceptors (Lipinski definition) is 5. The fraction of sp³-hybridized carbons (Fsp3) is 0.538. The summed E-state index contributed by atoms with van der Waals surface area (Å²) in [5.41, 5.74) is 5.30. The minimum atomic E-state index is -3.73. The Kier molecular flexibility index (Phi) is 4.79. The lowest BCUT2D eigenvalue weighted by Gasteiger charge is -2.21. The summed E-state index contributed by atoms with van der Waals surface area (Å²) in [6, 6.07) is 3.39. The Balaban J connectivity index is 2.10. The van der Waals surface area contributed by atoms with Crippen LogP contribution in [0.4, 0.5) is 11.4 Å². The summed E-state index contributed by atoms with van der Waals surface area (Å²) in [5.74, 6) is 0.354. The molecule has 0 saturated heterocycles. The minimum absolute atomic E-state index is 0.107. The number of nitrogens with two attached hydrogens (primary N) is 1. The van der Waals surface area contributed by atoms with Gasteiger partial charge in [0.15, 0.2) is 0 Å². The molecule has 3 N–H and O–H groups in total. The Bertz CT molecular complexity index is 624. The van der Waals surface area contributed by atoms with E-state index in [1.54, 1.807) is 0 Å². The van der Waals surface area contributed by atoms with Gasteiger partial charge in [-0.3, -0.25) is 10.1 Å². The SMILES string of the molecule is Nc1cc([N+](=O)[O-])ccc1S(=O)(=O)NCC1CCCCC1. The molecule has 1 aromatic rings. The van der Waals surface area contributed by atoms with Gasteiger partial charge in [0.25, 0.3) is 5.69 Å². The molecule has 8 heteroatoms. The number of rotatable bonds is 5. The average molecular weight is 313 g/mol. The predicted molar refractivity (Wildman–Crippen MR) is 79.3 cm³/mol. The highest BCUT2D eigenvalue weighted by atomic mass is 32.2. The van der Waals surface area contributed by atoms with E-state index in [-0.39, 0.29) is 16.3 Å². The molecule has 2 rings (SSSR count). The van der Waals surface area contributed by atoms with Gasteiger partial charge in [0.2, 0.25) is 10.0 Å². The van der Waals surface area contributed by atoms with Crippen LogP contribution in [0.15, 0.2) is 23.1 Å². The highest BCUT2D eigenvalue weighted by Gasteiger charge is 2.22. The van der Waals surface area contributed by atoms with Crippen LogP contribution in [-0.4, -0.2) is 19.9 Å². The Hall–Kier alpha value is -1.67. The van der Waals surface area contributed by atoms with E-state index in [1.807, 2.05) is 0 Å². The smallest absolute Gasteiger partial charge is 0.271 e. The third-order valence-corrected chi connectivity index (χ3v) is 5.28. The number of nitrogen functional groups attached to an aromatic ring is 1. The van der Waals surface area contributed by atoms with Gasteiger partial charge in [-0.2, -0.15) is 0 Å². The van der Waals surface area contributed by atoms with Crippen molar-refractivity contribution in [3.63, 3.8) is 0 Å². The molecule has 1 fully saturated rings. The van der Waals surface area contributed by atoms with E-state index in [0.717, 1.165) is 37.8 Å². The maximum absolute atomic E-state index is 12.2. The number of non-ortho nitro benzene ring substituents is 1. The lowest BCUT2D eigenvalue weighted by Crippen LogP contribution is -2.30. The summed E-state index contributed by atoms with van der Waals surface area (Å²) in [7, 11) is -3.73. The molecule has 1 aromatic carbocycles. The highest BCUT2D eigenvalue weighted by Crippen LogP contribution is 2.26. The first-order valence-electron chi connectivity index (χ1n) is 6.94. The van der Waals surface area contributed by atoms with E-state index in [2.05, 4.69) is 4.72 Å². The summed E-state index contributed by atoms with van der Waals surface area (Å²) in [6.07, 6.45) is 5.52. The average Bonchev–Trinajstić information content (AvgIpc) is 2.46. The quantitative estimate of drug-likeness (QED) is 0.490. The first kappa shape index (κ1) is 15.7. The summed E-state index contributed by atoms with van der Waals surface area (Å²) in [6.45, 7) is 0.388. The standard InChI is InChI=1S/C13H19N3O4S/c14-12-8-11(16(17)18)6-7-13(12)21(19,20)15-9-10-4-2-1-3-5-10/h6-8,10,15H,1-5,9,14H2. The van der Waals surface area contributed by atoms with Crippen LogP contribution in [0.3, 0.4) is 0 Å². The molecular formula is C13H19N3O4S. The van der Waals surface area contributed by atoms with Crippen LogP contribution in [0.2, 0.25) is 0 Å². The normalized spacial score (nSPS) is 16.8. The van der Waals surface area contributed by atoms with E-state index in [4.69, 9.17) is 5.73 Å². The number of benzene rings is 1. The largest absolute Gasteiger partial charge is 0.397 e. The number of nitrogens with zero attached hydrogens (tertiary/aromatic N) is 1. The van der Waals surface area contributed by atoms with Gasteiger partial charge in [0.1, 0.15) is 4.90 Å². The maximum atomic E-state index is 12.2. The predicted octanol–water partition coefficient (Wildman–Crippen LogP) is 2.04. The molecular weight excluding hydrogens is 294 g/mol. The van der Waals surface area contributed by atoms with E-state index >= 15 is 0 Å². The second-order valence-electron chi connectivity index (χ2n) is 5.34. The summed E-state index contributed by atoms with van der Waals surface area (Å²) in [4.78, 5) is 9.91. The molecule has 0 bridgehead atoms. The molecule has 0 atom stereocenters. The number of nitro benzene ring substituents is 1. The Morgan fingerprint density at radius 1 is 1.29 bits per heavy atom. The Morgan fingerprint density at radius 3 is 2.52 bits per heavy atom. The first-order chi connectivity index (χ1) is 9.90. The summed E-state index contributed by atoms with van der Waals surface area (Å²) < 4.78 is 27.0. The number of hydrogen-bond donors (Lipinski definition) is 2. The fourth-order valence-electron chi connectivity index (χ4n) is 2.59. The van der Waals surface area contributed by atoms with Crippen LogP contribution in [0.5, 0.6) is 0 Å².